The van der Waals surface area contributed by atoms with Gasteiger partial charge in [-0.15, -0.1) is 0 Å². The molecule has 1 aromatic heterocycles. The molecule has 0 spiro atoms. The molecular weight excluding hydrogens is 323 g/mol. The topological polar surface area (TPSA) is 34.2 Å². The third-order valence-electron chi connectivity index (χ3n) is 3.88. The number of aromatic nitrogens is 1. The summed E-state index contributed by atoms with van der Waals surface area (Å²) in [5.41, 5.74) is 3.63. The van der Waals surface area contributed by atoms with Gasteiger partial charge < -0.3 is 10.1 Å². The van der Waals surface area contributed by atoms with Gasteiger partial charge in [-0.2, -0.15) is 0 Å². The fourth-order valence-corrected chi connectivity index (χ4v) is 3.10. The van der Waals surface area contributed by atoms with E-state index in [4.69, 9.17) is 4.74 Å². The average Bonchev–Trinajstić information content (AvgIpc) is 3.27. The zero-order valence-corrected chi connectivity index (χ0v) is 12.5. The fourth-order valence-electron chi connectivity index (χ4n) is 2.68. The zero-order valence-electron chi connectivity index (χ0n) is 10.9. The molecule has 1 aromatic carbocycles. The van der Waals surface area contributed by atoms with E-state index < -0.39 is 0 Å². The Morgan fingerprint density at radius 1 is 1.35 bits per heavy atom. The van der Waals surface area contributed by atoms with E-state index >= 15 is 0 Å². The van der Waals surface area contributed by atoms with E-state index in [9.17, 15) is 4.39 Å². The van der Waals surface area contributed by atoms with Crippen LogP contribution in [0, 0.1) is 5.82 Å². The summed E-state index contributed by atoms with van der Waals surface area (Å²) in [6.45, 7) is 1.20. The molecule has 20 heavy (non-hydrogen) atoms. The third-order valence-corrected chi connectivity index (χ3v) is 4.52. The smallest absolute Gasteiger partial charge is 0.134 e. The number of rotatable bonds is 2. The Balaban J connectivity index is 2.03. The lowest BCUT2D eigenvalue weighted by atomic mass is 10.0. The lowest BCUT2D eigenvalue weighted by molar-refractivity contribution is 0.110. The number of anilines is 1. The molecule has 0 radical (unpaired) electrons. The van der Waals surface area contributed by atoms with Gasteiger partial charge in [0.1, 0.15) is 5.82 Å². The van der Waals surface area contributed by atoms with Gasteiger partial charge in [-0.25, -0.2) is 4.39 Å². The third kappa shape index (κ3) is 2.00. The maximum Gasteiger partial charge on any atom is 0.134 e. The molecule has 2 heterocycles. The first kappa shape index (κ1) is 12.5. The van der Waals surface area contributed by atoms with Crippen molar-refractivity contribution in [2.45, 2.75) is 31.9 Å². The van der Waals surface area contributed by atoms with E-state index in [-0.39, 0.29) is 5.82 Å². The molecule has 1 aliphatic carbocycles. The highest BCUT2D eigenvalue weighted by Gasteiger charge is 2.27. The maximum absolute atomic E-state index is 14.3. The van der Waals surface area contributed by atoms with E-state index in [1.807, 2.05) is 0 Å². The first-order valence-corrected chi connectivity index (χ1v) is 7.67. The van der Waals surface area contributed by atoms with E-state index in [0.717, 1.165) is 40.7 Å². The normalized spacial score (nSPS) is 18.1. The van der Waals surface area contributed by atoms with Gasteiger partial charge in [-0.3, -0.25) is 4.98 Å². The number of ether oxygens (including phenoxy) is 1. The van der Waals surface area contributed by atoms with Crippen molar-refractivity contribution in [3.63, 3.8) is 0 Å². The molecule has 0 amide bonds. The van der Waals surface area contributed by atoms with E-state index in [2.05, 4.69) is 26.2 Å². The summed E-state index contributed by atoms with van der Waals surface area (Å²) < 4.78 is 20.7. The van der Waals surface area contributed by atoms with E-state index in [1.165, 1.54) is 6.07 Å². The molecule has 0 bridgehead atoms. The van der Waals surface area contributed by atoms with Crippen LogP contribution in [0.1, 0.15) is 24.1 Å². The quantitative estimate of drug-likeness (QED) is 0.906. The number of halogens is 2. The van der Waals surface area contributed by atoms with Crippen molar-refractivity contribution >= 4 is 32.5 Å². The molecule has 0 saturated heterocycles. The minimum absolute atomic E-state index is 0.229. The van der Waals surface area contributed by atoms with E-state index in [0.29, 0.717) is 30.2 Å². The summed E-state index contributed by atoms with van der Waals surface area (Å²) in [7, 11) is 0. The Kier molecular flexibility index (Phi) is 2.93. The van der Waals surface area contributed by atoms with Crippen molar-refractivity contribution < 1.29 is 9.13 Å². The summed E-state index contributed by atoms with van der Waals surface area (Å²) in [6.07, 6.45) is 3.08. The van der Waals surface area contributed by atoms with Crippen LogP contribution in [0.5, 0.6) is 0 Å². The second-order valence-electron chi connectivity index (χ2n) is 5.39. The second-order valence-corrected chi connectivity index (χ2v) is 6.24. The average molecular weight is 337 g/mol. The lowest BCUT2D eigenvalue weighted by Gasteiger charge is -2.22. The van der Waals surface area contributed by atoms with Gasteiger partial charge in [0.2, 0.25) is 0 Å². The number of hydrogen-bond donors (Lipinski definition) is 1. The van der Waals surface area contributed by atoms with Crippen molar-refractivity contribution in [1.82, 2.24) is 4.98 Å². The number of benzene rings is 1. The van der Waals surface area contributed by atoms with Crippen LogP contribution >= 0.6 is 15.9 Å². The fraction of sp³-hybridized carbons (Fsp3) is 0.400. The van der Waals surface area contributed by atoms with E-state index in [1.54, 1.807) is 6.07 Å². The molecule has 1 fully saturated rings. The molecule has 104 valence electrons. The molecule has 0 atom stereocenters. The van der Waals surface area contributed by atoms with Gasteiger partial charge in [0.05, 0.1) is 35.5 Å². The molecule has 1 saturated carbocycles. The van der Waals surface area contributed by atoms with Crippen LogP contribution in [0.2, 0.25) is 0 Å². The number of nitrogens with one attached hydrogen (secondary N) is 1. The SMILES string of the molecule is Fc1ccc(Br)c2nc3c(c(NC4CC4)c12)COCC3. The highest BCUT2D eigenvalue weighted by Crippen LogP contribution is 2.38. The number of fused-ring (bicyclic) bond motifs is 2. The van der Waals surface area contributed by atoms with Crippen molar-refractivity contribution in [3.8, 4) is 0 Å². The molecule has 3 nitrogen and oxygen atoms in total. The standard InChI is InChI=1S/C15H14BrFN2O/c16-10-3-4-11(17)13-14(18-8-1-2-8)9-7-20-6-5-12(9)19-15(10)13/h3-4,8H,1-2,5-7H2,(H,18,19). The van der Waals surface area contributed by atoms with Crippen molar-refractivity contribution in [3.05, 3.63) is 33.7 Å². The van der Waals surface area contributed by atoms with Gasteiger partial charge in [0, 0.05) is 22.5 Å². The van der Waals surface area contributed by atoms with Crippen molar-refractivity contribution in [1.29, 1.82) is 0 Å². The molecule has 2 aromatic rings. The highest BCUT2D eigenvalue weighted by molar-refractivity contribution is 9.10. The zero-order chi connectivity index (χ0) is 13.7. The molecule has 1 N–H and O–H groups in total. The molecule has 1 aliphatic heterocycles. The lowest BCUT2D eigenvalue weighted by Crippen LogP contribution is -2.16. The van der Waals surface area contributed by atoms with Crippen LogP contribution in [0.15, 0.2) is 16.6 Å². The minimum Gasteiger partial charge on any atom is -0.381 e. The van der Waals surface area contributed by atoms with Gasteiger partial charge in [0.25, 0.3) is 0 Å². The van der Waals surface area contributed by atoms with Crippen LogP contribution in [0.25, 0.3) is 10.9 Å². The van der Waals surface area contributed by atoms with Crippen molar-refractivity contribution in [2.75, 3.05) is 11.9 Å². The first-order valence-electron chi connectivity index (χ1n) is 6.88. The van der Waals surface area contributed by atoms with Gasteiger partial charge in [-0.05, 0) is 40.9 Å². The van der Waals surface area contributed by atoms with Crippen LogP contribution < -0.4 is 5.32 Å². The largest absolute Gasteiger partial charge is 0.381 e. The predicted octanol–water partition coefficient (Wildman–Crippen LogP) is 3.78. The number of pyridine rings is 1. The monoisotopic (exact) mass is 336 g/mol. The molecule has 4 rings (SSSR count). The highest BCUT2D eigenvalue weighted by atomic mass is 79.9. The summed E-state index contributed by atoms with van der Waals surface area (Å²) >= 11 is 3.49. The molecule has 5 heteroatoms. The molecule has 0 unspecified atom stereocenters. The predicted molar refractivity (Wildman–Crippen MR) is 79.4 cm³/mol. The van der Waals surface area contributed by atoms with Gasteiger partial charge in [0.15, 0.2) is 0 Å². The number of nitrogens with zero attached hydrogens (tertiary/aromatic N) is 1. The van der Waals surface area contributed by atoms with Crippen LogP contribution in [0.3, 0.4) is 0 Å². The maximum atomic E-state index is 14.3. The Labute approximate surface area is 124 Å². The molecular formula is C15H14BrFN2O. The van der Waals surface area contributed by atoms with Gasteiger partial charge in [-0.1, -0.05) is 0 Å². The summed E-state index contributed by atoms with van der Waals surface area (Å²) in [5, 5.41) is 4.05. The summed E-state index contributed by atoms with van der Waals surface area (Å²) in [5.74, 6) is -0.229. The van der Waals surface area contributed by atoms with Gasteiger partial charge >= 0.3 is 0 Å². The molecule has 2 aliphatic rings. The van der Waals surface area contributed by atoms with Crippen LogP contribution in [-0.2, 0) is 17.8 Å². The first-order chi connectivity index (χ1) is 9.74. The Hall–Kier alpha value is -1.20. The number of hydrogen-bond acceptors (Lipinski definition) is 3. The van der Waals surface area contributed by atoms with Crippen LogP contribution in [0.4, 0.5) is 10.1 Å². The summed E-state index contributed by atoms with van der Waals surface area (Å²) in [6, 6.07) is 3.67. The Morgan fingerprint density at radius 2 is 2.20 bits per heavy atom. The van der Waals surface area contributed by atoms with Crippen molar-refractivity contribution in [2.24, 2.45) is 0 Å². The van der Waals surface area contributed by atoms with Crippen LogP contribution in [-0.4, -0.2) is 17.6 Å². The Bertz CT molecular complexity index is 700. The second kappa shape index (κ2) is 4.67. The Morgan fingerprint density at radius 3 is 3.00 bits per heavy atom. The minimum atomic E-state index is -0.229. The summed E-state index contributed by atoms with van der Waals surface area (Å²) in [4.78, 5) is 4.66.